The van der Waals surface area contributed by atoms with Gasteiger partial charge in [-0.05, 0) is 49.9 Å². The number of esters is 1. The van der Waals surface area contributed by atoms with Crippen LogP contribution in [0.2, 0.25) is 0 Å². The summed E-state index contributed by atoms with van der Waals surface area (Å²) in [6, 6.07) is 0. The maximum atomic E-state index is 12.1. The summed E-state index contributed by atoms with van der Waals surface area (Å²) < 4.78 is 5.52. The van der Waals surface area contributed by atoms with E-state index in [-0.39, 0.29) is 5.97 Å². The Hall–Kier alpha value is -0.530. The fraction of sp³-hybridized carbons (Fsp3) is 0.962. The molecule has 0 amide bonds. The minimum atomic E-state index is 0.0667. The predicted molar refractivity (Wildman–Crippen MR) is 119 cm³/mol. The molecule has 0 aliphatic heterocycles. The molecular weight excluding hydrogens is 344 g/mol. The van der Waals surface area contributed by atoms with Gasteiger partial charge in [0.15, 0.2) is 0 Å². The molecule has 0 radical (unpaired) electrons. The molecule has 0 spiro atoms. The molecule has 2 aliphatic carbocycles. The van der Waals surface area contributed by atoms with Crippen LogP contribution in [0.1, 0.15) is 135 Å². The smallest absolute Gasteiger partial charge is 0.306 e. The third-order valence-electron chi connectivity index (χ3n) is 7.42. The fourth-order valence-corrected chi connectivity index (χ4v) is 5.54. The zero-order valence-electron chi connectivity index (χ0n) is 18.9. The lowest BCUT2D eigenvalue weighted by Gasteiger charge is -2.35. The molecule has 0 bridgehead atoms. The number of unbranched alkanes of at least 4 members (excludes halogenated alkanes) is 9. The van der Waals surface area contributed by atoms with E-state index in [1.807, 2.05) is 0 Å². The standard InChI is InChI=1S/C26H48O2/c1-2-3-4-5-6-7-8-9-10-14-21-28-26(27)22-23-17-19-25(20-18-23)24-15-12-11-13-16-24/h23-25H,2-22H2,1H3. The van der Waals surface area contributed by atoms with Gasteiger partial charge in [-0.25, -0.2) is 0 Å². The lowest BCUT2D eigenvalue weighted by Crippen LogP contribution is -2.25. The summed E-state index contributed by atoms with van der Waals surface area (Å²) in [5, 5.41) is 0. The van der Waals surface area contributed by atoms with Crippen molar-refractivity contribution in [3.63, 3.8) is 0 Å². The van der Waals surface area contributed by atoms with E-state index in [4.69, 9.17) is 4.74 Å². The maximum absolute atomic E-state index is 12.1. The van der Waals surface area contributed by atoms with Crippen molar-refractivity contribution in [3.05, 3.63) is 0 Å². The second kappa shape index (κ2) is 15.3. The topological polar surface area (TPSA) is 26.3 Å². The third kappa shape index (κ3) is 10.3. The molecule has 0 atom stereocenters. The Morgan fingerprint density at radius 1 is 0.679 bits per heavy atom. The number of hydrogen-bond donors (Lipinski definition) is 0. The van der Waals surface area contributed by atoms with Gasteiger partial charge in [-0.2, -0.15) is 0 Å². The highest BCUT2D eigenvalue weighted by atomic mass is 16.5. The van der Waals surface area contributed by atoms with Crippen molar-refractivity contribution in [3.8, 4) is 0 Å². The molecule has 0 aromatic rings. The maximum Gasteiger partial charge on any atom is 0.306 e. The zero-order valence-corrected chi connectivity index (χ0v) is 18.9. The van der Waals surface area contributed by atoms with Crippen molar-refractivity contribution in [1.29, 1.82) is 0 Å². The van der Waals surface area contributed by atoms with Crippen LogP contribution in [0.5, 0.6) is 0 Å². The molecule has 0 heterocycles. The van der Waals surface area contributed by atoms with Gasteiger partial charge in [0.25, 0.3) is 0 Å². The predicted octanol–water partition coefficient (Wildman–Crippen LogP) is 8.23. The Bertz CT molecular complexity index is 378. The highest BCUT2D eigenvalue weighted by Gasteiger charge is 2.29. The minimum Gasteiger partial charge on any atom is -0.466 e. The van der Waals surface area contributed by atoms with Crippen LogP contribution in [-0.4, -0.2) is 12.6 Å². The van der Waals surface area contributed by atoms with Gasteiger partial charge in [-0.15, -0.1) is 0 Å². The monoisotopic (exact) mass is 392 g/mol. The van der Waals surface area contributed by atoms with Crippen LogP contribution in [0.15, 0.2) is 0 Å². The zero-order chi connectivity index (χ0) is 19.9. The first kappa shape index (κ1) is 23.7. The summed E-state index contributed by atoms with van der Waals surface area (Å²) in [6.07, 6.45) is 26.5. The van der Waals surface area contributed by atoms with Gasteiger partial charge in [0.05, 0.1) is 6.61 Å². The van der Waals surface area contributed by atoms with Gasteiger partial charge in [-0.3, -0.25) is 4.79 Å². The molecule has 2 aliphatic rings. The van der Waals surface area contributed by atoms with Crippen molar-refractivity contribution in [1.82, 2.24) is 0 Å². The van der Waals surface area contributed by atoms with Crippen LogP contribution >= 0.6 is 0 Å². The third-order valence-corrected chi connectivity index (χ3v) is 7.42. The summed E-state index contributed by atoms with van der Waals surface area (Å²) in [5.41, 5.74) is 0. The van der Waals surface area contributed by atoms with E-state index < -0.39 is 0 Å². The van der Waals surface area contributed by atoms with E-state index in [1.54, 1.807) is 0 Å². The number of carbonyl (C=O) groups is 1. The van der Waals surface area contributed by atoms with Crippen molar-refractivity contribution in [2.75, 3.05) is 6.61 Å². The van der Waals surface area contributed by atoms with Crippen LogP contribution in [0, 0.1) is 17.8 Å². The van der Waals surface area contributed by atoms with Gasteiger partial charge in [0.2, 0.25) is 0 Å². The molecular formula is C26H48O2. The molecule has 0 aromatic carbocycles. The Balaban J connectivity index is 1.39. The lowest BCUT2D eigenvalue weighted by atomic mass is 9.70. The summed E-state index contributed by atoms with van der Waals surface area (Å²) in [5.74, 6) is 2.62. The molecule has 0 saturated heterocycles. The summed E-state index contributed by atoms with van der Waals surface area (Å²) >= 11 is 0. The SMILES string of the molecule is CCCCCCCCCCCCOC(=O)CC1CCC(C2CCCCC2)CC1. The Kier molecular flexibility index (Phi) is 13.0. The molecule has 2 saturated carbocycles. The first-order chi connectivity index (χ1) is 13.8. The first-order valence-corrected chi connectivity index (χ1v) is 12.9. The highest BCUT2D eigenvalue weighted by molar-refractivity contribution is 5.69. The normalized spacial score (nSPS) is 23.6. The van der Waals surface area contributed by atoms with E-state index >= 15 is 0 Å². The Morgan fingerprint density at radius 2 is 1.21 bits per heavy atom. The number of ether oxygens (including phenoxy) is 1. The Morgan fingerprint density at radius 3 is 1.82 bits per heavy atom. The summed E-state index contributed by atoms with van der Waals surface area (Å²) in [6.45, 7) is 2.92. The summed E-state index contributed by atoms with van der Waals surface area (Å²) in [7, 11) is 0. The van der Waals surface area contributed by atoms with Crippen LogP contribution in [0.3, 0.4) is 0 Å². The van der Waals surface area contributed by atoms with E-state index in [2.05, 4.69) is 6.92 Å². The molecule has 164 valence electrons. The van der Waals surface area contributed by atoms with Crippen molar-refractivity contribution >= 4 is 5.97 Å². The second-order valence-electron chi connectivity index (χ2n) is 9.79. The van der Waals surface area contributed by atoms with Gasteiger partial charge < -0.3 is 4.74 Å². The van der Waals surface area contributed by atoms with Gasteiger partial charge >= 0.3 is 5.97 Å². The van der Waals surface area contributed by atoms with E-state index in [0.29, 0.717) is 18.9 Å². The molecule has 0 aromatic heterocycles. The van der Waals surface area contributed by atoms with Crippen LogP contribution in [0.4, 0.5) is 0 Å². The van der Waals surface area contributed by atoms with Crippen molar-refractivity contribution < 1.29 is 9.53 Å². The first-order valence-electron chi connectivity index (χ1n) is 12.9. The van der Waals surface area contributed by atoms with Gasteiger partial charge in [0.1, 0.15) is 0 Å². The lowest BCUT2D eigenvalue weighted by molar-refractivity contribution is -0.145. The second-order valence-corrected chi connectivity index (χ2v) is 9.79. The van der Waals surface area contributed by atoms with E-state index in [9.17, 15) is 4.79 Å². The van der Waals surface area contributed by atoms with Gasteiger partial charge in [0, 0.05) is 6.42 Å². The average molecular weight is 393 g/mol. The van der Waals surface area contributed by atoms with Crippen molar-refractivity contribution in [2.45, 2.75) is 135 Å². The molecule has 28 heavy (non-hydrogen) atoms. The molecule has 2 nitrogen and oxygen atoms in total. The number of hydrogen-bond acceptors (Lipinski definition) is 2. The van der Waals surface area contributed by atoms with E-state index in [1.165, 1.54) is 116 Å². The highest BCUT2D eigenvalue weighted by Crippen LogP contribution is 2.40. The summed E-state index contributed by atoms with van der Waals surface area (Å²) in [4.78, 5) is 12.1. The largest absolute Gasteiger partial charge is 0.466 e. The molecule has 2 fully saturated rings. The number of carbonyl (C=O) groups excluding carboxylic acids is 1. The Labute approximate surface area is 175 Å². The molecule has 2 heteroatoms. The van der Waals surface area contributed by atoms with Crippen LogP contribution in [0.25, 0.3) is 0 Å². The van der Waals surface area contributed by atoms with E-state index in [0.717, 1.165) is 18.3 Å². The van der Waals surface area contributed by atoms with Crippen LogP contribution in [-0.2, 0) is 9.53 Å². The fourth-order valence-electron chi connectivity index (χ4n) is 5.54. The number of rotatable bonds is 14. The molecule has 2 rings (SSSR count). The minimum absolute atomic E-state index is 0.0667. The average Bonchev–Trinajstić information content (AvgIpc) is 2.73. The van der Waals surface area contributed by atoms with Crippen LogP contribution < -0.4 is 0 Å². The van der Waals surface area contributed by atoms with Crippen molar-refractivity contribution in [2.24, 2.45) is 17.8 Å². The molecule has 0 unspecified atom stereocenters. The molecule has 0 N–H and O–H groups in total. The van der Waals surface area contributed by atoms with Gasteiger partial charge in [-0.1, -0.05) is 96.8 Å². The quantitative estimate of drug-likeness (QED) is 0.220.